The average molecular weight is 371 g/mol. The molecule has 0 aromatic heterocycles. The highest BCUT2D eigenvalue weighted by Gasteiger charge is 2.19. The van der Waals surface area contributed by atoms with Crippen molar-refractivity contribution in [1.82, 2.24) is 5.32 Å². The highest BCUT2D eigenvalue weighted by Crippen LogP contribution is 2.17. The predicted octanol–water partition coefficient (Wildman–Crippen LogP) is 2.97. The summed E-state index contributed by atoms with van der Waals surface area (Å²) in [6, 6.07) is 15.2. The van der Waals surface area contributed by atoms with Crippen LogP contribution in [0, 0.1) is 0 Å². The first-order valence-corrected chi connectivity index (χ1v) is 8.85. The number of carbonyl (C=O) groups is 2. The summed E-state index contributed by atoms with van der Waals surface area (Å²) in [5.74, 6) is -0.387. The summed E-state index contributed by atoms with van der Waals surface area (Å²) < 4.78 is 5.69. The number of hydrogen-bond donors (Lipinski definition) is 4. The zero-order valence-electron chi connectivity index (χ0n) is 15.1. The Morgan fingerprint density at radius 2 is 1.74 bits per heavy atom. The lowest BCUT2D eigenvalue weighted by Gasteiger charge is -2.15. The van der Waals surface area contributed by atoms with Gasteiger partial charge in [-0.3, -0.25) is 0 Å². The van der Waals surface area contributed by atoms with E-state index in [1.54, 1.807) is 24.3 Å². The van der Waals surface area contributed by atoms with Crippen molar-refractivity contribution in [3.8, 4) is 5.75 Å². The monoisotopic (exact) mass is 371 g/mol. The molecule has 2 rings (SSSR count). The Morgan fingerprint density at radius 3 is 2.37 bits per heavy atom. The van der Waals surface area contributed by atoms with Gasteiger partial charge in [-0.25, -0.2) is 9.59 Å². The van der Waals surface area contributed by atoms with Crippen LogP contribution in [0.25, 0.3) is 0 Å². The van der Waals surface area contributed by atoms with Gasteiger partial charge in [0, 0.05) is 5.69 Å². The van der Waals surface area contributed by atoms with Crippen LogP contribution >= 0.6 is 0 Å². The number of urea groups is 1. The molecule has 144 valence electrons. The molecule has 27 heavy (non-hydrogen) atoms. The molecular formula is C20H25N3O4. The molecular weight excluding hydrogens is 346 g/mol. The lowest BCUT2D eigenvalue weighted by atomic mass is 10.1. The van der Waals surface area contributed by atoms with Crippen molar-refractivity contribution >= 4 is 17.7 Å². The fraction of sp³-hybridized carbons (Fsp3) is 0.300. The first-order valence-electron chi connectivity index (χ1n) is 8.85. The number of carboxylic acid groups (broad SMARTS) is 1. The number of nitrogens with two attached hydrogens (primary N) is 1. The van der Waals surface area contributed by atoms with Crippen LogP contribution in [-0.4, -0.2) is 29.7 Å². The van der Waals surface area contributed by atoms with Crippen LogP contribution in [0.4, 0.5) is 10.5 Å². The number of hydrogen-bond acceptors (Lipinski definition) is 4. The van der Waals surface area contributed by atoms with Crippen LogP contribution in [0.15, 0.2) is 54.6 Å². The molecule has 0 fully saturated rings. The Labute approximate surface area is 158 Å². The third-order valence-corrected chi connectivity index (χ3v) is 3.91. The van der Waals surface area contributed by atoms with Gasteiger partial charge in [0.2, 0.25) is 0 Å². The largest absolute Gasteiger partial charge is 0.489 e. The van der Waals surface area contributed by atoms with E-state index in [-0.39, 0.29) is 0 Å². The Morgan fingerprint density at radius 1 is 1.04 bits per heavy atom. The molecule has 0 saturated heterocycles. The maximum atomic E-state index is 12.0. The van der Waals surface area contributed by atoms with Gasteiger partial charge in [0.25, 0.3) is 0 Å². The second-order valence-corrected chi connectivity index (χ2v) is 6.07. The number of aliphatic carboxylic acids is 1. The molecule has 7 nitrogen and oxygen atoms in total. The molecule has 7 heteroatoms. The summed E-state index contributed by atoms with van der Waals surface area (Å²) in [4.78, 5) is 23.2. The third kappa shape index (κ3) is 7.37. The summed E-state index contributed by atoms with van der Waals surface area (Å²) in [5, 5.41) is 14.3. The lowest BCUT2D eigenvalue weighted by molar-refractivity contribution is -0.139. The molecule has 0 spiro atoms. The molecule has 0 bridgehead atoms. The van der Waals surface area contributed by atoms with Crippen molar-refractivity contribution in [1.29, 1.82) is 0 Å². The molecule has 2 amide bonds. The summed E-state index contributed by atoms with van der Waals surface area (Å²) in [7, 11) is 0. The van der Waals surface area contributed by atoms with Crippen LogP contribution in [0.5, 0.6) is 5.75 Å². The van der Waals surface area contributed by atoms with E-state index in [1.807, 2.05) is 30.3 Å². The number of anilines is 1. The molecule has 0 aliphatic heterocycles. The quantitative estimate of drug-likeness (QED) is 0.480. The number of nitrogens with one attached hydrogen (secondary N) is 2. The molecule has 0 aliphatic carbocycles. The number of carboxylic acids is 1. The van der Waals surface area contributed by atoms with E-state index in [9.17, 15) is 14.7 Å². The number of benzene rings is 2. The standard InChI is InChI=1S/C20H25N3O4/c21-13-5-4-8-18(19(24)25)23-20(26)22-16-9-11-17(12-10-16)27-14-15-6-2-1-3-7-15/h1-3,6-7,9-12,18H,4-5,8,13-14,21H2,(H,24,25)(H2,22,23,26)/t18-/m0/s1. The van der Waals surface area contributed by atoms with Crippen molar-refractivity contribution in [2.24, 2.45) is 5.73 Å². The fourth-order valence-corrected chi connectivity index (χ4v) is 2.45. The smallest absolute Gasteiger partial charge is 0.326 e. The summed E-state index contributed by atoms with van der Waals surface area (Å²) >= 11 is 0. The van der Waals surface area contributed by atoms with Crippen molar-refractivity contribution in [2.45, 2.75) is 31.9 Å². The van der Waals surface area contributed by atoms with Gasteiger partial charge in [0.05, 0.1) is 0 Å². The maximum absolute atomic E-state index is 12.0. The maximum Gasteiger partial charge on any atom is 0.326 e. The van der Waals surface area contributed by atoms with Gasteiger partial charge in [-0.2, -0.15) is 0 Å². The Balaban J connectivity index is 1.82. The van der Waals surface area contributed by atoms with Gasteiger partial charge in [0.1, 0.15) is 18.4 Å². The minimum absolute atomic E-state index is 0.340. The summed E-state index contributed by atoms with van der Waals surface area (Å²) in [5.41, 5.74) is 7.01. The molecule has 0 radical (unpaired) electrons. The first kappa shape index (κ1) is 20.3. The molecule has 0 aliphatic rings. The van der Waals surface area contributed by atoms with Gasteiger partial charge in [-0.15, -0.1) is 0 Å². The van der Waals surface area contributed by atoms with E-state index in [2.05, 4.69) is 10.6 Å². The molecule has 0 unspecified atom stereocenters. The minimum atomic E-state index is -1.06. The highest BCUT2D eigenvalue weighted by molar-refractivity contribution is 5.92. The molecule has 5 N–H and O–H groups in total. The normalized spacial score (nSPS) is 11.4. The van der Waals surface area contributed by atoms with Crippen LogP contribution in [-0.2, 0) is 11.4 Å². The van der Waals surface area contributed by atoms with Gasteiger partial charge in [0.15, 0.2) is 0 Å². The van der Waals surface area contributed by atoms with Crippen LogP contribution in [0.3, 0.4) is 0 Å². The summed E-state index contributed by atoms with van der Waals surface area (Å²) in [6.45, 7) is 0.953. The van der Waals surface area contributed by atoms with Crippen LogP contribution in [0.2, 0.25) is 0 Å². The van der Waals surface area contributed by atoms with E-state index in [0.29, 0.717) is 37.4 Å². The zero-order valence-corrected chi connectivity index (χ0v) is 15.1. The van der Waals surface area contributed by atoms with Crippen molar-refractivity contribution in [2.75, 3.05) is 11.9 Å². The highest BCUT2D eigenvalue weighted by atomic mass is 16.5. The van der Waals surface area contributed by atoms with Crippen molar-refractivity contribution < 1.29 is 19.4 Å². The summed E-state index contributed by atoms with van der Waals surface area (Å²) in [6.07, 6.45) is 1.70. The SMILES string of the molecule is NCCCC[C@H](NC(=O)Nc1ccc(OCc2ccccc2)cc1)C(=O)O. The van der Waals surface area contributed by atoms with E-state index >= 15 is 0 Å². The molecule has 2 aromatic carbocycles. The molecule has 0 saturated carbocycles. The zero-order chi connectivity index (χ0) is 19.5. The Kier molecular flexibility index (Phi) is 8.12. The Bertz CT molecular complexity index is 720. The molecule has 0 heterocycles. The second-order valence-electron chi connectivity index (χ2n) is 6.07. The molecule has 1 atom stereocenters. The van der Waals surface area contributed by atoms with Gasteiger partial charge in [-0.05, 0) is 55.6 Å². The van der Waals surface area contributed by atoms with E-state index in [0.717, 1.165) is 12.0 Å². The van der Waals surface area contributed by atoms with E-state index in [1.165, 1.54) is 0 Å². The number of amides is 2. The molecule has 2 aromatic rings. The Hall–Kier alpha value is -3.06. The number of unbranched alkanes of at least 4 members (excludes halogenated alkanes) is 1. The predicted molar refractivity (Wildman–Crippen MR) is 104 cm³/mol. The number of rotatable bonds is 10. The van der Waals surface area contributed by atoms with E-state index in [4.69, 9.17) is 10.5 Å². The van der Waals surface area contributed by atoms with Crippen molar-refractivity contribution in [3.63, 3.8) is 0 Å². The lowest BCUT2D eigenvalue weighted by Crippen LogP contribution is -2.43. The first-order chi connectivity index (χ1) is 13.1. The van der Waals surface area contributed by atoms with Gasteiger partial charge in [-0.1, -0.05) is 30.3 Å². The topological polar surface area (TPSA) is 114 Å². The minimum Gasteiger partial charge on any atom is -0.489 e. The van der Waals surface area contributed by atoms with Crippen LogP contribution < -0.4 is 21.1 Å². The van der Waals surface area contributed by atoms with Gasteiger partial charge < -0.3 is 26.2 Å². The van der Waals surface area contributed by atoms with Crippen LogP contribution in [0.1, 0.15) is 24.8 Å². The van der Waals surface area contributed by atoms with Crippen molar-refractivity contribution in [3.05, 3.63) is 60.2 Å². The third-order valence-electron chi connectivity index (χ3n) is 3.91. The fourth-order valence-electron chi connectivity index (χ4n) is 2.45. The number of ether oxygens (including phenoxy) is 1. The van der Waals surface area contributed by atoms with Gasteiger partial charge >= 0.3 is 12.0 Å². The average Bonchev–Trinajstić information content (AvgIpc) is 2.67. The number of carbonyl (C=O) groups excluding carboxylic acids is 1. The second kappa shape index (κ2) is 10.8. The van der Waals surface area contributed by atoms with E-state index < -0.39 is 18.0 Å².